The number of aromatic nitrogens is 1. The average Bonchev–Trinajstić information content (AvgIpc) is 2.41. The number of benzene rings is 1. The van der Waals surface area contributed by atoms with Gasteiger partial charge in [-0.05, 0) is 18.2 Å². The molecule has 0 bridgehead atoms. The van der Waals surface area contributed by atoms with E-state index in [0.717, 1.165) is 0 Å². The van der Waals surface area contributed by atoms with Crippen molar-refractivity contribution in [1.82, 2.24) is 4.98 Å². The lowest BCUT2D eigenvalue weighted by atomic mass is 10.0. The highest BCUT2D eigenvalue weighted by Gasteiger charge is 2.32. The van der Waals surface area contributed by atoms with Gasteiger partial charge >= 0.3 is 12.1 Å². The molecule has 0 fully saturated rings. The highest BCUT2D eigenvalue weighted by Crippen LogP contribution is 2.38. The standard InChI is InChI=1S/C13H5Cl3F3NO2/c14-8-3-10(16)9(15)2-6(8)7-1-5(13(17,18)19)4-20-11(7)12(21)22/h1-4H,(H,21,22). The van der Waals surface area contributed by atoms with E-state index in [2.05, 4.69) is 4.98 Å². The molecule has 2 rings (SSSR count). The van der Waals surface area contributed by atoms with E-state index in [4.69, 9.17) is 39.9 Å². The minimum atomic E-state index is -4.68. The minimum Gasteiger partial charge on any atom is -0.476 e. The number of carboxylic acid groups (broad SMARTS) is 1. The van der Waals surface area contributed by atoms with Crippen molar-refractivity contribution in [3.63, 3.8) is 0 Å². The fraction of sp³-hybridized carbons (Fsp3) is 0.0769. The second kappa shape index (κ2) is 5.95. The number of hydrogen-bond donors (Lipinski definition) is 1. The number of pyridine rings is 1. The quantitative estimate of drug-likeness (QED) is 0.718. The molecule has 0 aliphatic heterocycles. The van der Waals surface area contributed by atoms with Gasteiger partial charge in [0, 0.05) is 17.3 Å². The van der Waals surface area contributed by atoms with Crippen molar-refractivity contribution >= 4 is 40.8 Å². The third-order valence-electron chi connectivity index (χ3n) is 2.72. The van der Waals surface area contributed by atoms with Gasteiger partial charge in [-0.3, -0.25) is 0 Å². The van der Waals surface area contributed by atoms with Crippen LogP contribution < -0.4 is 0 Å². The Kier molecular flexibility index (Phi) is 4.56. The summed E-state index contributed by atoms with van der Waals surface area (Å²) in [4.78, 5) is 14.5. The maximum Gasteiger partial charge on any atom is 0.417 e. The molecule has 116 valence electrons. The van der Waals surface area contributed by atoms with E-state index >= 15 is 0 Å². The summed E-state index contributed by atoms with van der Waals surface area (Å²) in [5, 5.41) is 9.16. The fourth-order valence-corrected chi connectivity index (χ4v) is 2.37. The molecule has 0 amide bonds. The van der Waals surface area contributed by atoms with Gasteiger partial charge in [0.25, 0.3) is 0 Å². The first-order valence-corrected chi connectivity index (χ1v) is 6.70. The summed E-state index contributed by atoms with van der Waals surface area (Å²) in [6, 6.07) is 3.06. The lowest BCUT2D eigenvalue weighted by Crippen LogP contribution is -2.10. The molecule has 9 heteroatoms. The van der Waals surface area contributed by atoms with Gasteiger partial charge in [-0.1, -0.05) is 34.8 Å². The third kappa shape index (κ3) is 3.29. The van der Waals surface area contributed by atoms with Crippen molar-refractivity contribution in [3.8, 4) is 11.1 Å². The Hall–Kier alpha value is -1.50. The van der Waals surface area contributed by atoms with Crippen LogP contribution >= 0.6 is 34.8 Å². The van der Waals surface area contributed by atoms with Gasteiger partial charge in [-0.2, -0.15) is 13.2 Å². The Bertz CT molecular complexity index is 763. The summed E-state index contributed by atoms with van der Waals surface area (Å²) < 4.78 is 38.4. The van der Waals surface area contributed by atoms with Crippen LogP contribution in [-0.2, 0) is 6.18 Å². The zero-order valence-electron chi connectivity index (χ0n) is 10.4. The van der Waals surface area contributed by atoms with Gasteiger partial charge in [0.05, 0.1) is 20.6 Å². The number of carbonyl (C=O) groups is 1. The molecule has 22 heavy (non-hydrogen) atoms. The van der Waals surface area contributed by atoms with Crippen molar-refractivity contribution in [3.05, 3.63) is 50.7 Å². The first-order chi connectivity index (χ1) is 10.1. The summed E-state index contributed by atoms with van der Waals surface area (Å²) in [5.41, 5.74) is -1.99. The second-order valence-corrected chi connectivity index (χ2v) is 5.39. The van der Waals surface area contributed by atoms with Crippen molar-refractivity contribution in [1.29, 1.82) is 0 Å². The molecule has 0 aliphatic carbocycles. The Labute approximate surface area is 137 Å². The Balaban J connectivity index is 2.77. The number of nitrogens with zero attached hydrogens (tertiary/aromatic N) is 1. The van der Waals surface area contributed by atoms with E-state index in [-0.39, 0.29) is 26.2 Å². The average molecular weight is 371 g/mol. The zero-order valence-corrected chi connectivity index (χ0v) is 12.6. The number of carboxylic acids is 1. The topological polar surface area (TPSA) is 50.2 Å². The molecule has 2 aromatic rings. The number of hydrogen-bond acceptors (Lipinski definition) is 2. The highest BCUT2D eigenvalue weighted by molar-refractivity contribution is 6.44. The second-order valence-electron chi connectivity index (χ2n) is 4.17. The van der Waals surface area contributed by atoms with E-state index in [1.165, 1.54) is 12.1 Å². The summed E-state index contributed by atoms with van der Waals surface area (Å²) in [7, 11) is 0. The Morgan fingerprint density at radius 2 is 1.59 bits per heavy atom. The van der Waals surface area contributed by atoms with Gasteiger partial charge in [0.1, 0.15) is 0 Å². The highest BCUT2D eigenvalue weighted by atomic mass is 35.5. The molecule has 0 saturated heterocycles. The van der Waals surface area contributed by atoms with Gasteiger partial charge in [-0.15, -0.1) is 0 Å². The summed E-state index contributed by atoms with van der Waals surface area (Å²) >= 11 is 17.5. The lowest BCUT2D eigenvalue weighted by Gasteiger charge is -2.12. The molecular formula is C13H5Cl3F3NO2. The van der Waals surface area contributed by atoms with Crippen molar-refractivity contribution < 1.29 is 23.1 Å². The van der Waals surface area contributed by atoms with Gasteiger partial charge in [0.15, 0.2) is 5.69 Å². The van der Waals surface area contributed by atoms with Gasteiger partial charge in [-0.25, -0.2) is 9.78 Å². The Morgan fingerprint density at radius 1 is 1.00 bits per heavy atom. The molecule has 0 aliphatic rings. The number of alkyl halides is 3. The van der Waals surface area contributed by atoms with E-state index in [1.807, 2.05) is 0 Å². The SMILES string of the molecule is O=C(O)c1ncc(C(F)(F)F)cc1-c1cc(Cl)c(Cl)cc1Cl. The Morgan fingerprint density at radius 3 is 2.14 bits per heavy atom. The molecule has 1 N–H and O–H groups in total. The van der Waals surface area contributed by atoms with Gasteiger partial charge < -0.3 is 5.11 Å². The molecule has 1 aromatic carbocycles. The van der Waals surface area contributed by atoms with Crippen LogP contribution in [0.25, 0.3) is 11.1 Å². The predicted octanol–water partition coefficient (Wildman–Crippen LogP) is 5.43. The van der Waals surface area contributed by atoms with E-state index < -0.39 is 23.4 Å². The monoisotopic (exact) mass is 369 g/mol. The molecule has 0 radical (unpaired) electrons. The smallest absolute Gasteiger partial charge is 0.417 e. The van der Waals surface area contributed by atoms with Crippen LogP contribution in [0, 0.1) is 0 Å². The molecule has 0 spiro atoms. The molecule has 0 atom stereocenters. The van der Waals surface area contributed by atoms with E-state index in [9.17, 15) is 18.0 Å². The maximum atomic E-state index is 12.8. The van der Waals surface area contributed by atoms with Crippen LogP contribution in [0.2, 0.25) is 15.1 Å². The van der Waals surface area contributed by atoms with Crippen LogP contribution in [0.4, 0.5) is 13.2 Å². The zero-order chi connectivity index (χ0) is 16.7. The van der Waals surface area contributed by atoms with Crippen molar-refractivity contribution in [2.75, 3.05) is 0 Å². The first kappa shape index (κ1) is 16.9. The predicted molar refractivity (Wildman–Crippen MR) is 76.7 cm³/mol. The van der Waals surface area contributed by atoms with Crippen LogP contribution in [0.1, 0.15) is 16.1 Å². The minimum absolute atomic E-state index is 0.00735. The maximum absolute atomic E-state index is 12.8. The summed E-state index contributed by atoms with van der Waals surface area (Å²) in [6.45, 7) is 0. The van der Waals surface area contributed by atoms with Crippen LogP contribution in [0.15, 0.2) is 24.4 Å². The largest absolute Gasteiger partial charge is 0.476 e. The van der Waals surface area contributed by atoms with E-state index in [0.29, 0.717) is 12.3 Å². The number of rotatable bonds is 2. The molecule has 1 aromatic heterocycles. The number of aromatic carboxylic acids is 1. The van der Waals surface area contributed by atoms with Crippen LogP contribution in [-0.4, -0.2) is 16.1 Å². The lowest BCUT2D eigenvalue weighted by molar-refractivity contribution is -0.137. The molecule has 3 nitrogen and oxygen atoms in total. The summed E-state index contributed by atoms with van der Waals surface area (Å²) in [6.07, 6.45) is -4.24. The molecule has 1 heterocycles. The third-order valence-corrected chi connectivity index (χ3v) is 3.75. The van der Waals surface area contributed by atoms with Gasteiger partial charge in [0.2, 0.25) is 0 Å². The normalized spacial score (nSPS) is 11.5. The first-order valence-electron chi connectivity index (χ1n) is 5.56. The van der Waals surface area contributed by atoms with Crippen LogP contribution in [0.5, 0.6) is 0 Å². The molecular weight excluding hydrogens is 366 g/mol. The van der Waals surface area contributed by atoms with Crippen molar-refractivity contribution in [2.24, 2.45) is 0 Å². The fourth-order valence-electron chi connectivity index (χ4n) is 1.72. The molecule has 0 unspecified atom stereocenters. The molecule has 0 saturated carbocycles. The van der Waals surface area contributed by atoms with Crippen LogP contribution in [0.3, 0.4) is 0 Å². The van der Waals surface area contributed by atoms with Crippen molar-refractivity contribution in [2.45, 2.75) is 6.18 Å². The summed E-state index contributed by atoms with van der Waals surface area (Å²) in [5.74, 6) is -1.49. The number of halogens is 6. The van der Waals surface area contributed by atoms with E-state index in [1.54, 1.807) is 0 Å².